The monoisotopic (exact) mass is 349 g/mol. The van der Waals surface area contributed by atoms with Crippen LogP contribution in [0, 0.1) is 8.99 Å². The van der Waals surface area contributed by atoms with Crippen molar-refractivity contribution in [1.29, 1.82) is 0 Å². The fourth-order valence-electron chi connectivity index (χ4n) is 1.59. The van der Waals surface area contributed by atoms with Crippen molar-refractivity contribution in [3.63, 3.8) is 0 Å². The average Bonchev–Trinajstić information content (AvgIpc) is 2.78. The number of hydrogen-bond acceptors (Lipinski definition) is 1. The summed E-state index contributed by atoms with van der Waals surface area (Å²) < 4.78 is 0.961. The van der Waals surface area contributed by atoms with Crippen LogP contribution in [0.3, 0.4) is 0 Å². The summed E-state index contributed by atoms with van der Waals surface area (Å²) in [4.78, 5) is 11.9. The number of nitrogens with one attached hydrogen (secondary N) is 1. The van der Waals surface area contributed by atoms with Crippen LogP contribution in [-0.4, -0.2) is 11.9 Å². The van der Waals surface area contributed by atoms with Gasteiger partial charge in [0.1, 0.15) is 0 Å². The molecule has 1 aliphatic carbocycles. The third-order valence-corrected chi connectivity index (χ3v) is 4.57. The highest BCUT2D eigenvalue weighted by molar-refractivity contribution is 14.1. The lowest BCUT2D eigenvalue weighted by Crippen LogP contribution is -2.28. The van der Waals surface area contributed by atoms with Crippen LogP contribution in [0.4, 0.5) is 0 Å². The van der Waals surface area contributed by atoms with Crippen molar-refractivity contribution < 1.29 is 4.79 Å². The fourth-order valence-corrected chi connectivity index (χ4v) is 2.11. The second kappa shape index (κ2) is 4.18. The van der Waals surface area contributed by atoms with Crippen molar-refractivity contribution in [2.45, 2.75) is 26.3 Å². The Labute approximate surface area is 114 Å². The molecule has 2 nitrogen and oxygen atoms in total. The smallest absolute Gasteiger partial charge is 0.251 e. The Morgan fingerprint density at radius 2 is 2.19 bits per heavy atom. The van der Waals surface area contributed by atoms with Crippen molar-refractivity contribution in [2.24, 2.45) is 5.41 Å². The molecular formula is C12H13ClINO. The number of carbonyl (C=O) groups is 1. The van der Waals surface area contributed by atoms with Gasteiger partial charge in [-0.05, 0) is 52.6 Å². The van der Waals surface area contributed by atoms with E-state index in [9.17, 15) is 4.79 Å². The van der Waals surface area contributed by atoms with Gasteiger partial charge in [0.05, 0.1) is 5.02 Å². The van der Waals surface area contributed by atoms with Crippen LogP contribution in [0.15, 0.2) is 18.2 Å². The van der Waals surface area contributed by atoms with Gasteiger partial charge in [-0.15, -0.1) is 0 Å². The summed E-state index contributed by atoms with van der Waals surface area (Å²) >= 11 is 8.12. The molecule has 1 atom stereocenters. The van der Waals surface area contributed by atoms with Crippen molar-refractivity contribution >= 4 is 40.1 Å². The van der Waals surface area contributed by atoms with Gasteiger partial charge in [-0.3, -0.25) is 4.79 Å². The van der Waals surface area contributed by atoms with E-state index in [-0.39, 0.29) is 11.3 Å². The highest BCUT2D eigenvalue weighted by Gasteiger charge is 2.46. The standard InChI is InChI=1S/C12H13ClINO/c1-12(2)6-10(12)15-11(16)7-3-4-9(14)8(13)5-7/h3-5,10H,6H2,1-2H3,(H,15,16). The van der Waals surface area contributed by atoms with E-state index in [1.54, 1.807) is 12.1 Å². The number of benzene rings is 1. The molecule has 2 rings (SSSR count). The van der Waals surface area contributed by atoms with Crippen molar-refractivity contribution in [1.82, 2.24) is 5.32 Å². The Bertz CT molecular complexity index is 445. The molecule has 1 aromatic carbocycles. The Morgan fingerprint density at radius 3 is 2.69 bits per heavy atom. The zero-order valence-corrected chi connectivity index (χ0v) is 12.1. The number of amides is 1. The molecule has 0 spiro atoms. The first kappa shape index (κ1) is 12.2. The molecule has 1 unspecified atom stereocenters. The summed E-state index contributed by atoms with van der Waals surface area (Å²) in [6.45, 7) is 4.30. The summed E-state index contributed by atoms with van der Waals surface area (Å²) in [7, 11) is 0. The molecule has 16 heavy (non-hydrogen) atoms. The maximum Gasteiger partial charge on any atom is 0.251 e. The molecule has 0 bridgehead atoms. The molecule has 0 aromatic heterocycles. The second-order valence-electron chi connectivity index (χ2n) is 4.85. The maximum atomic E-state index is 11.9. The molecule has 86 valence electrons. The molecule has 1 aliphatic rings. The van der Waals surface area contributed by atoms with E-state index in [0.29, 0.717) is 16.6 Å². The Hall–Kier alpha value is -0.290. The Morgan fingerprint density at radius 1 is 1.56 bits per heavy atom. The third-order valence-electron chi connectivity index (χ3n) is 3.00. The van der Waals surface area contributed by atoms with Gasteiger partial charge in [0, 0.05) is 15.2 Å². The average molecular weight is 350 g/mol. The van der Waals surface area contributed by atoms with E-state index in [1.807, 2.05) is 6.07 Å². The van der Waals surface area contributed by atoms with Gasteiger partial charge >= 0.3 is 0 Å². The van der Waals surface area contributed by atoms with E-state index < -0.39 is 0 Å². The lowest BCUT2D eigenvalue weighted by Gasteiger charge is -2.07. The molecule has 0 heterocycles. The van der Waals surface area contributed by atoms with Gasteiger partial charge in [0.2, 0.25) is 0 Å². The predicted octanol–water partition coefficient (Wildman–Crippen LogP) is 3.47. The summed E-state index contributed by atoms with van der Waals surface area (Å²) in [6, 6.07) is 5.68. The van der Waals surface area contributed by atoms with Crippen LogP contribution < -0.4 is 5.32 Å². The van der Waals surface area contributed by atoms with Gasteiger partial charge in [-0.25, -0.2) is 0 Å². The number of rotatable bonds is 2. The van der Waals surface area contributed by atoms with Crippen molar-refractivity contribution in [3.8, 4) is 0 Å². The molecule has 0 radical (unpaired) electrons. The molecule has 1 aromatic rings. The van der Waals surface area contributed by atoms with Crippen LogP contribution in [0.5, 0.6) is 0 Å². The highest BCUT2D eigenvalue weighted by atomic mass is 127. The molecular weight excluding hydrogens is 336 g/mol. The summed E-state index contributed by atoms with van der Waals surface area (Å²) in [5.41, 5.74) is 0.885. The zero-order chi connectivity index (χ0) is 11.9. The molecule has 1 amide bonds. The zero-order valence-electron chi connectivity index (χ0n) is 9.18. The Kier molecular flexibility index (Phi) is 3.18. The summed E-state index contributed by atoms with van der Waals surface area (Å²) in [6.07, 6.45) is 1.05. The van der Waals surface area contributed by atoms with Crippen LogP contribution >= 0.6 is 34.2 Å². The van der Waals surface area contributed by atoms with Crippen molar-refractivity contribution in [2.75, 3.05) is 0 Å². The van der Waals surface area contributed by atoms with Crippen LogP contribution in [0.1, 0.15) is 30.6 Å². The number of carbonyl (C=O) groups excluding carboxylic acids is 1. The first-order valence-corrected chi connectivity index (χ1v) is 6.62. The van der Waals surface area contributed by atoms with Crippen LogP contribution in [0.25, 0.3) is 0 Å². The molecule has 1 saturated carbocycles. The van der Waals surface area contributed by atoms with Gasteiger partial charge in [0.15, 0.2) is 0 Å². The second-order valence-corrected chi connectivity index (χ2v) is 6.42. The number of hydrogen-bond donors (Lipinski definition) is 1. The summed E-state index contributed by atoms with van der Waals surface area (Å²) in [5, 5.41) is 3.64. The highest BCUT2D eigenvalue weighted by Crippen LogP contribution is 2.44. The van der Waals surface area contributed by atoms with Crippen LogP contribution in [-0.2, 0) is 0 Å². The minimum Gasteiger partial charge on any atom is -0.349 e. The van der Waals surface area contributed by atoms with Crippen molar-refractivity contribution in [3.05, 3.63) is 32.4 Å². The molecule has 0 saturated heterocycles. The SMILES string of the molecule is CC1(C)CC1NC(=O)c1ccc(I)c(Cl)c1. The third kappa shape index (κ3) is 2.51. The minimum absolute atomic E-state index is 0.0334. The maximum absolute atomic E-state index is 11.9. The van der Waals surface area contributed by atoms with Gasteiger partial charge in [-0.2, -0.15) is 0 Å². The number of halogens is 2. The molecule has 4 heteroatoms. The minimum atomic E-state index is -0.0334. The first-order chi connectivity index (χ1) is 7.40. The van der Waals surface area contributed by atoms with Crippen LogP contribution in [0.2, 0.25) is 5.02 Å². The van der Waals surface area contributed by atoms with Gasteiger partial charge in [-0.1, -0.05) is 25.4 Å². The van der Waals surface area contributed by atoms with Gasteiger partial charge < -0.3 is 5.32 Å². The predicted molar refractivity (Wildman–Crippen MR) is 73.8 cm³/mol. The lowest BCUT2D eigenvalue weighted by molar-refractivity contribution is 0.0946. The van der Waals surface area contributed by atoms with E-state index in [0.717, 1.165) is 9.99 Å². The van der Waals surface area contributed by atoms with Gasteiger partial charge in [0.25, 0.3) is 5.91 Å². The molecule has 1 N–H and O–H groups in total. The first-order valence-electron chi connectivity index (χ1n) is 5.16. The largest absolute Gasteiger partial charge is 0.349 e. The molecule has 1 fully saturated rings. The fraction of sp³-hybridized carbons (Fsp3) is 0.417. The quantitative estimate of drug-likeness (QED) is 0.814. The Balaban J connectivity index is 2.07. The normalized spacial score (nSPS) is 21.6. The summed E-state index contributed by atoms with van der Waals surface area (Å²) in [5.74, 6) is -0.0334. The topological polar surface area (TPSA) is 29.1 Å². The van der Waals surface area contributed by atoms with E-state index in [2.05, 4.69) is 41.8 Å². The van der Waals surface area contributed by atoms with E-state index >= 15 is 0 Å². The van der Waals surface area contributed by atoms with E-state index in [1.165, 1.54) is 0 Å². The lowest BCUT2D eigenvalue weighted by atomic mass is 10.1. The molecule has 0 aliphatic heterocycles. The van der Waals surface area contributed by atoms with E-state index in [4.69, 9.17) is 11.6 Å².